The molecule has 3 rings (SSSR count). The summed E-state index contributed by atoms with van der Waals surface area (Å²) in [5.41, 5.74) is 1.25. The number of amides is 1. The number of rotatable bonds is 3. The number of carbonyl (C=O) groups excluding carboxylic acids is 1. The third kappa shape index (κ3) is 4.20. The molecule has 2 heterocycles. The van der Waals surface area contributed by atoms with Crippen molar-refractivity contribution in [3.63, 3.8) is 0 Å². The van der Waals surface area contributed by atoms with Gasteiger partial charge in [-0.25, -0.2) is 8.42 Å². The maximum atomic E-state index is 13.0. The average Bonchev–Trinajstić information content (AvgIpc) is 2.62. The van der Waals surface area contributed by atoms with E-state index in [4.69, 9.17) is 4.74 Å². The molecule has 1 atom stereocenters. The van der Waals surface area contributed by atoms with Crippen LogP contribution in [0.5, 0.6) is 0 Å². The third-order valence-electron chi connectivity index (χ3n) is 4.81. The Hall–Kier alpha value is -1.19. The number of halogens is 1. The molecule has 146 valence electrons. The van der Waals surface area contributed by atoms with Crippen LogP contribution >= 0.6 is 12.4 Å². The number of morpholine rings is 1. The van der Waals surface area contributed by atoms with E-state index in [2.05, 4.69) is 5.32 Å². The number of ether oxygens (including phenoxy) is 1. The summed E-state index contributed by atoms with van der Waals surface area (Å²) < 4.78 is 32.3. The van der Waals surface area contributed by atoms with E-state index in [-0.39, 0.29) is 29.3 Å². The van der Waals surface area contributed by atoms with Gasteiger partial charge in [-0.15, -0.1) is 12.4 Å². The first-order valence-corrected chi connectivity index (χ1v) is 10.1. The van der Waals surface area contributed by atoms with Crippen molar-refractivity contribution in [1.29, 1.82) is 0 Å². The number of nitrogens with zero attached hydrogens (tertiary/aromatic N) is 2. The molecule has 7 nitrogen and oxygen atoms in total. The van der Waals surface area contributed by atoms with Crippen molar-refractivity contribution < 1.29 is 17.9 Å². The van der Waals surface area contributed by atoms with Gasteiger partial charge in [0.1, 0.15) is 0 Å². The quantitative estimate of drug-likeness (QED) is 0.810. The Morgan fingerprint density at radius 1 is 1.23 bits per heavy atom. The summed E-state index contributed by atoms with van der Waals surface area (Å²) >= 11 is 0. The van der Waals surface area contributed by atoms with Gasteiger partial charge in [-0.05, 0) is 31.5 Å². The lowest BCUT2D eigenvalue weighted by Gasteiger charge is -2.34. The van der Waals surface area contributed by atoms with Crippen molar-refractivity contribution in [1.82, 2.24) is 14.5 Å². The van der Waals surface area contributed by atoms with Gasteiger partial charge in [-0.3, -0.25) is 4.79 Å². The predicted octanol–water partition coefficient (Wildman–Crippen LogP) is 0.872. The summed E-state index contributed by atoms with van der Waals surface area (Å²) in [6, 6.07) is 4.91. The molecule has 0 spiro atoms. The number of sulfonamides is 1. The lowest BCUT2D eigenvalue weighted by Crippen LogP contribution is -2.52. The fourth-order valence-corrected chi connectivity index (χ4v) is 4.66. The maximum Gasteiger partial charge on any atom is 0.254 e. The van der Waals surface area contributed by atoms with Crippen LogP contribution in [0.25, 0.3) is 0 Å². The molecule has 0 radical (unpaired) electrons. The minimum atomic E-state index is -3.61. The number of nitrogens with one attached hydrogen (secondary N) is 1. The van der Waals surface area contributed by atoms with Crippen LogP contribution in [0, 0.1) is 6.92 Å². The SMILES string of the molecule is Cc1ccc(S(=O)(=O)N2CCOCC2)cc1C(=O)N1CCNC[C@H]1C.Cl. The van der Waals surface area contributed by atoms with Gasteiger partial charge in [-0.1, -0.05) is 6.07 Å². The van der Waals surface area contributed by atoms with Crippen LogP contribution in [0.15, 0.2) is 23.1 Å². The Balaban J connectivity index is 0.00000243. The number of aryl methyl sites for hydroxylation is 1. The van der Waals surface area contributed by atoms with Crippen LogP contribution in [0.2, 0.25) is 0 Å². The molecule has 0 saturated carbocycles. The standard InChI is InChI=1S/C17H25N3O4S.ClH/c1-13-3-4-15(25(22,23)19-7-9-24-10-8-19)11-16(13)17(21)20-6-5-18-12-14(20)2;/h3-4,11,14,18H,5-10,12H2,1-2H3;1H/t14-;/m1./s1. The van der Waals surface area contributed by atoms with E-state index < -0.39 is 10.0 Å². The fourth-order valence-electron chi connectivity index (χ4n) is 3.23. The second kappa shape index (κ2) is 8.67. The zero-order valence-corrected chi connectivity index (χ0v) is 16.7. The Labute approximate surface area is 161 Å². The zero-order chi connectivity index (χ0) is 18.0. The Morgan fingerprint density at radius 2 is 1.92 bits per heavy atom. The normalized spacial score (nSPS) is 21.9. The molecule has 1 N–H and O–H groups in total. The predicted molar refractivity (Wildman–Crippen MR) is 101 cm³/mol. The first kappa shape index (κ1) is 21.1. The molecule has 0 unspecified atom stereocenters. The summed E-state index contributed by atoms with van der Waals surface area (Å²) in [5.74, 6) is -0.106. The smallest absolute Gasteiger partial charge is 0.254 e. The minimum Gasteiger partial charge on any atom is -0.379 e. The van der Waals surface area contributed by atoms with Crippen molar-refractivity contribution in [2.75, 3.05) is 45.9 Å². The number of hydrogen-bond donors (Lipinski definition) is 1. The van der Waals surface area contributed by atoms with Crippen LogP contribution in [0.4, 0.5) is 0 Å². The second-order valence-corrected chi connectivity index (χ2v) is 8.48. The molecule has 2 aliphatic heterocycles. The van der Waals surface area contributed by atoms with Crippen molar-refractivity contribution in [3.05, 3.63) is 29.3 Å². The molecule has 1 aromatic rings. The molecule has 2 saturated heterocycles. The molecular formula is C17H26ClN3O4S. The minimum absolute atomic E-state index is 0. The van der Waals surface area contributed by atoms with Gasteiger partial charge in [0.25, 0.3) is 5.91 Å². The van der Waals surface area contributed by atoms with E-state index in [1.54, 1.807) is 12.1 Å². The second-order valence-electron chi connectivity index (χ2n) is 6.54. The van der Waals surface area contributed by atoms with Crippen LogP contribution in [-0.4, -0.2) is 75.5 Å². The van der Waals surface area contributed by atoms with Gasteiger partial charge in [0.15, 0.2) is 0 Å². The average molecular weight is 404 g/mol. The van der Waals surface area contributed by atoms with E-state index in [0.717, 1.165) is 18.7 Å². The number of piperazine rings is 1. The highest BCUT2D eigenvalue weighted by Gasteiger charge is 2.29. The number of carbonyl (C=O) groups is 1. The van der Waals surface area contributed by atoms with E-state index in [0.29, 0.717) is 38.4 Å². The largest absolute Gasteiger partial charge is 0.379 e. The van der Waals surface area contributed by atoms with Crippen molar-refractivity contribution >= 4 is 28.3 Å². The van der Waals surface area contributed by atoms with Gasteiger partial charge in [0.05, 0.1) is 18.1 Å². The zero-order valence-electron chi connectivity index (χ0n) is 15.1. The Morgan fingerprint density at radius 3 is 2.58 bits per heavy atom. The highest BCUT2D eigenvalue weighted by atomic mass is 35.5. The molecule has 2 fully saturated rings. The van der Waals surface area contributed by atoms with Gasteiger partial charge in [0, 0.05) is 44.3 Å². The molecule has 0 aromatic heterocycles. The van der Waals surface area contributed by atoms with Crippen LogP contribution < -0.4 is 5.32 Å². The van der Waals surface area contributed by atoms with Gasteiger partial charge in [0.2, 0.25) is 10.0 Å². The van der Waals surface area contributed by atoms with Crippen LogP contribution in [-0.2, 0) is 14.8 Å². The summed E-state index contributed by atoms with van der Waals surface area (Å²) in [5, 5.41) is 3.26. The van der Waals surface area contributed by atoms with Crippen molar-refractivity contribution in [3.8, 4) is 0 Å². The molecule has 2 aliphatic rings. The van der Waals surface area contributed by atoms with Gasteiger partial charge >= 0.3 is 0 Å². The Bertz CT molecular complexity index is 750. The lowest BCUT2D eigenvalue weighted by molar-refractivity contribution is 0.0654. The number of benzene rings is 1. The first-order valence-electron chi connectivity index (χ1n) is 8.61. The lowest BCUT2D eigenvalue weighted by atomic mass is 10.1. The van der Waals surface area contributed by atoms with Gasteiger partial charge < -0.3 is 15.0 Å². The van der Waals surface area contributed by atoms with E-state index in [1.165, 1.54) is 10.4 Å². The summed E-state index contributed by atoms with van der Waals surface area (Å²) in [6.45, 7) is 7.43. The van der Waals surface area contributed by atoms with Crippen LogP contribution in [0.3, 0.4) is 0 Å². The highest BCUT2D eigenvalue weighted by molar-refractivity contribution is 7.89. The topological polar surface area (TPSA) is 79.0 Å². The van der Waals surface area contributed by atoms with Gasteiger partial charge in [-0.2, -0.15) is 4.31 Å². The summed E-state index contributed by atoms with van der Waals surface area (Å²) in [4.78, 5) is 14.9. The van der Waals surface area contributed by atoms with Crippen LogP contribution in [0.1, 0.15) is 22.8 Å². The maximum absolute atomic E-state index is 13.0. The molecule has 1 aromatic carbocycles. The van der Waals surface area contributed by atoms with Crippen molar-refractivity contribution in [2.45, 2.75) is 24.8 Å². The van der Waals surface area contributed by atoms with Crippen molar-refractivity contribution in [2.24, 2.45) is 0 Å². The monoisotopic (exact) mass is 403 g/mol. The molecular weight excluding hydrogens is 378 g/mol. The summed E-state index contributed by atoms with van der Waals surface area (Å²) in [7, 11) is -3.61. The first-order chi connectivity index (χ1) is 11.9. The molecule has 0 bridgehead atoms. The van der Waals surface area contributed by atoms with E-state index in [1.807, 2.05) is 18.7 Å². The molecule has 1 amide bonds. The molecule has 9 heteroatoms. The molecule has 26 heavy (non-hydrogen) atoms. The Kier molecular flexibility index (Phi) is 7.04. The number of hydrogen-bond acceptors (Lipinski definition) is 5. The third-order valence-corrected chi connectivity index (χ3v) is 6.70. The van der Waals surface area contributed by atoms with E-state index >= 15 is 0 Å². The molecule has 0 aliphatic carbocycles. The summed E-state index contributed by atoms with van der Waals surface area (Å²) in [6.07, 6.45) is 0. The highest BCUT2D eigenvalue weighted by Crippen LogP contribution is 2.22. The fraction of sp³-hybridized carbons (Fsp3) is 0.588. The van der Waals surface area contributed by atoms with E-state index in [9.17, 15) is 13.2 Å².